The van der Waals surface area contributed by atoms with Gasteiger partial charge in [0.1, 0.15) is 0 Å². The zero-order valence-electron chi connectivity index (χ0n) is 18.0. The monoisotopic (exact) mass is 377 g/mol. The number of aromatic nitrogens is 2. The Kier molecular flexibility index (Phi) is 9.07. The van der Waals surface area contributed by atoms with Crippen molar-refractivity contribution in [1.82, 2.24) is 30.2 Å². The summed E-state index contributed by atoms with van der Waals surface area (Å²) in [6, 6.07) is 2.61. The Labute approximate surface area is 165 Å². The molecule has 1 unspecified atom stereocenters. The second kappa shape index (κ2) is 11.3. The summed E-state index contributed by atoms with van der Waals surface area (Å²) in [5.41, 5.74) is 2.31. The quantitative estimate of drug-likeness (QED) is 0.388. The number of rotatable bonds is 9. The van der Waals surface area contributed by atoms with Crippen LogP contribution in [0.4, 0.5) is 0 Å². The van der Waals surface area contributed by atoms with E-state index in [-0.39, 0.29) is 0 Å². The molecule has 0 spiro atoms. The van der Waals surface area contributed by atoms with Crippen molar-refractivity contribution in [2.75, 3.05) is 52.4 Å². The third-order valence-electron chi connectivity index (χ3n) is 5.28. The fourth-order valence-electron chi connectivity index (χ4n) is 3.54. The van der Waals surface area contributed by atoms with Crippen LogP contribution in [0.5, 0.6) is 0 Å². The van der Waals surface area contributed by atoms with Crippen molar-refractivity contribution in [1.29, 1.82) is 0 Å². The highest BCUT2D eigenvalue weighted by molar-refractivity contribution is 5.79. The molecule has 27 heavy (non-hydrogen) atoms. The Bertz CT molecular complexity index is 573. The molecular weight excluding hydrogens is 338 g/mol. The number of piperazine rings is 1. The molecule has 1 aromatic rings. The molecule has 0 aromatic carbocycles. The average Bonchev–Trinajstić information content (AvgIpc) is 3.00. The van der Waals surface area contributed by atoms with Gasteiger partial charge in [0.15, 0.2) is 5.96 Å². The third-order valence-corrected chi connectivity index (χ3v) is 5.28. The summed E-state index contributed by atoms with van der Waals surface area (Å²) in [5.74, 6) is 0.921. The van der Waals surface area contributed by atoms with E-state index in [4.69, 9.17) is 4.99 Å². The van der Waals surface area contributed by atoms with E-state index in [1.807, 2.05) is 6.92 Å². The minimum absolute atomic E-state index is 0.481. The second-order valence-corrected chi connectivity index (χ2v) is 7.47. The second-order valence-electron chi connectivity index (χ2n) is 7.47. The molecule has 2 heterocycles. The lowest BCUT2D eigenvalue weighted by molar-refractivity contribution is 0.109. The molecule has 1 aliphatic heterocycles. The summed E-state index contributed by atoms with van der Waals surface area (Å²) in [6.07, 6.45) is 1.03. The summed E-state index contributed by atoms with van der Waals surface area (Å²) in [5, 5.41) is 11.3. The van der Waals surface area contributed by atoms with Crippen molar-refractivity contribution in [2.45, 2.75) is 53.6 Å². The number of nitrogens with one attached hydrogen (secondary N) is 2. The normalized spacial score (nSPS) is 17.9. The molecule has 1 fully saturated rings. The molecule has 0 aliphatic carbocycles. The van der Waals surface area contributed by atoms with E-state index in [1.165, 1.54) is 18.8 Å². The average molecular weight is 378 g/mol. The summed E-state index contributed by atoms with van der Waals surface area (Å²) >= 11 is 0. The molecule has 0 radical (unpaired) electrons. The first-order valence-electron chi connectivity index (χ1n) is 10.5. The fourth-order valence-corrected chi connectivity index (χ4v) is 3.54. The van der Waals surface area contributed by atoms with Crippen LogP contribution in [0.15, 0.2) is 11.1 Å². The van der Waals surface area contributed by atoms with Crippen LogP contribution in [0.2, 0.25) is 0 Å². The molecule has 1 aliphatic rings. The van der Waals surface area contributed by atoms with Gasteiger partial charge in [0.25, 0.3) is 0 Å². The Morgan fingerprint density at radius 3 is 2.52 bits per heavy atom. The number of guanidine groups is 1. The van der Waals surface area contributed by atoms with Crippen LogP contribution >= 0.6 is 0 Å². The van der Waals surface area contributed by atoms with Gasteiger partial charge in [-0.15, -0.1) is 0 Å². The first kappa shape index (κ1) is 21.7. The number of hydrogen-bond donors (Lipinski definition) is 2. The van der Waals surface area contributed by atoms with Crippen LogP contribution in [0.1, 0.15) is 38.6 Å². The molecule has 7 heteroatoms. The molecule has 1 aromatic heterocycles. The fraction of sp³-hybridized carbons (Fsp3) is 0.800. The minimum Gasteiger partial charge on any atom is -0.357 e. The highest BCUT2D eigenvalue weighted by atomic mass is 15.3. The molecule has 1 saturated heterocycles. The molecule has 7 nitrogen and oxygen atoms in total. The van der Waals surface area contributed by atoms with E-state index < -0.39 is 0 Å². The lowest BCUT2D eigenvalue weighted by Crippen LogP contribution is -2.50. The van der Waals surface area contributed by atoms with Crippen LogP contribution < -0.4 is 10.6 Å². The van der Waals surface area contributed by atoms with E-state index >= 15 is 0 Å². The smallest absolute Gasteiger partial charge is 0.191 e. The Hall–Kier alpha value is -1.60. The first-order valence-corrected chi connectivity index (χ1v) is 10.5. The summed E-state index contributed by atoms with van der Waals surface area (Å²) in [4.78, 5) is 9.88. The molecule has 0 bridgehead atoms. The first-order chi connectivity index (χ1) is 13.0. The van der Waals surface area contributed by atoms with Gasteiger partial charge in [-0.05, 0) is 46.7 Å². The zero-order chi connectivity index (χ0) is 19.6. The molecule has 0 saturated carbocycles. The maximum atomic E-state index is 4.81. The molecule has 1 atom stereocenters. The van der Waals surface area contributed by atoms with Crippen molar-refractivity contribution >= 4 is 5.96 Å². The van der Waals surface area contributed by atoms with Crippen LogP contribution in [0, 0.1) is 13.8 Å². The third kappa shape index (κ3) is 7.14. The van der Waals surface area contributed by atoms with Gasteiger partial charge in [-0.3, -0.25) is 14.6 Å². The van der Waals surface area contributed by atoms with Crippen LogP contribution in [-0.2, 0) is 6.54 Å². The highest BCUT2D eigenvalue weighted by Crippen LogP contribution is 2.06. The van der Waals surface area contributed by atoms with Crippen LogP contribution in [0.25, 0.3) is 0 Å². The number of nitrogens with zero attached hydrogens (tertiary/aromatic N) is 5. The molecule has 2 N–H and O–H groups in total. The molecular formula is C20H39N7. The van der Waals surface area contributed by atoms with Crippen molar-refractivity contribution in [2.24, 2.45) is 4.99 Å². The zero-order valence-corrected chi connectivity index (χ0v) is 18.0. The van der Waals surface area contributed by atoms with Gasteiger partial charge in [-0.25, -0.2) is 0 Å². The topological polar surface area (TPSA) is 60.7 Å². The Balaban J connectivity index is 1.73. The van der Waals surface area contributed by atoms with Crippen LogP contribution in [-0.4, -0.2) is 83.9 Å². The highest BCUT2D eigenvalue weighted by Gasteiger charge is 2.19. The van der Waals surface area contributed by atoms with E-state index in [0.29, 0.717) is 6.04 Å². The van der Waals surface area contributed by atoms with Gasteiger partial charge in [0, 0.05) is 57.5 Å². The van der Waals surface area contributed by atoms with E-state index in [2.05, 4.69) is 64.0 Å². The van der Waals surface area contributed by atoms with E-state index in [1.54, 1.807) is 0 Å². The summed E-state index contributed by atoms with van der Waals surface area (Å²) in [7, 11) is 0. The van der Waals surface area contributed by atoms with Crippen molar-refractivity contribution in [3.05, 3.63) is 17.5 Å². The predicted molar refractivity (Wildman–Crippen MR) is 113 cm³/mol. The standard InChI is InChI=1S/C20H39N7/c1-6-21-20(22-9-8-10-27-18(4)15-17(3)24-27)23-16-19(5)26-13-11-25(7-2)12-14-26/h15,19H,6-14,16H2,1-5H3,(H2,21,22,23). The van der Waals surface area contributed by atoms with E-state index in [9.17, 15) is 0 Å². The Morgan fingerprint density at radius 1 is 1.19 bits per heavy atom. The predicted octanol–water partition coefficient (Wildman–Crippen LogP) is 1.47. The van der Waals surface area contributed by atoms with Gasteiger partial charge in [-0.2, -0.15) is 5.10 Å². The van der Waals surface area contributed by atoms with E-state index in [0.717, 1.165) is 63.9 Å². The van der Waals surface area contributed by atoms with Gasteiger partial charge in [0.05, 0.1) is 12.2 Å². The maximum absolute atomic E-state index is 4.81. The van der Waals surface area contributed by atoms with Crippen molar-refractivity contribution in [3.8, 4) is 0 Å². The van der Waals surface area contributed by atoms with Crippen LogP contribution in [0.3, 0.4) is 0 Å². The number of aryl methyl sites for hydroxylation is 3. The number of hydrogen-bond acceptors (Lipinski definition) is 4. The summed E-state index contributed by atoms with van der Waals surface area (Å²) < 4.78 is 2.08. The van der Waals surface area contributed by atoms with Gasteiger partial charge in [0.2, 0.25) is 0 Å². The lowest BCUT2D eigenvalue weighted by atomic mass is 10.2. The van der Waals surface area contributed by atoms with Gasteiger partial charge in [-0.1, -0.05) is 6.92 Å². The molecule has 0 amide bonds. The van der Waals surface area contributed by atoms with Gasteiger partial charge >= 0.3 is 0 Å². The SMILES string of the molecule is CCNC(=NCC(C)N1CCN(CC)CC1)NCCCn1nc(C)cc1C. The van der Waals surface area contributed by atoms with Gasteiger partial charge < -0.3 is 15.5 Å². The Morgan fingerprint density at radius 2 is 1.93 bits per heavy atom. The molecule has 2 rings (SSSR count). The van der Waals surface area contributed by atoms with Crippen molar-refractivity contribution < 1.29 is 0 Å². The van der Waals surface area contributed by atoms with Crippen molar-refractivity contribution in [3.63, 3.8) is 0 Å². The molecule has 154 valence electrons. The maximum Gasteiger partial charge on any atom is 0.191 e. The minimum atomic E-state index is 0.481. The lowest BCUT2D eigenvalue weighted by Gasteiger charge is -2.37. The largest absolute Gasteiger partial charge is 0.357 e. The summed E-state index contributed by atoms with van der Waals surface area (Å²) in [6.45, 7) is 20.2. The number of aliphatic imine (C=N–C) groups is 1. The number of likely N-dealkylation sites (N-methyl/N-ethyl adjacent to an activating group) is 1.